The van der Waals surface area contributed by atoms with E-state index in [2.05, 4.69) is 0 Å². The van der Waals surface area contributed by atoms with Gasteiger partial charge in [-0.15, -0.1) is 0 Å². The molecule has 1 heterocycles. The van der Waals surface area contributed by atoms with Gasteiger partial charge in [0.2, 0.25) is 5.91 Å². The number of rotatable bonds is 3. The summed E-state index contributed by atoms with van der Waals surface area (Å²) in [5, 5.41) is 0. The number of halogens is 5. The Balaban J connectivity index is 2.22. The van der Waals surface area contributed by atoms with Gasteiger partial charge in [0.05, 0.1) is 11.6 Å². The first-order valence-corrected chi connectivity index (χ1v) is 6.21. The smallest absolute Gasteiger partial charge is 0.368 e. The average molecular weight is 308 g/mol. The van der Waals surface area contributed by atoms with Crippen LogP contribution in [0.5, 0.6) is 0 Å². The van der Waals surface area contributed by atoms with Gasteiger partial charge in [-0.2, -0.15) is 13.2 Å². The van der Waals surface area contributed by atoms with Crippen LogP contribution in [0.15, 0.2) is 18.2 Å². The van der Waals surface area contributed by atoms with E-state index in [1.165, 1.54) is 11.0 Å². The van der Waals surface area contributed by atoms with Gasteiger partial charge in [0, 0.05) is 19.5 Å². The number of nitrogens with zero attached hydrogens (tertiary/aromatic N) is 1. The largest absolute Gasteiger partial charge is 0.419 e. The average Bonchev–Trinajstić information content (AvgIpc) is 2.71. The van der Waals surface area contributed by atoms with Crippen molar-refractivity contribution in [1.82, 2.24) is 4.90 Å². The maximum Gasteiger partial charge on any atom is 0.419 e. The van der Waals surface area contributed by atoms with E-state index in [4.69, 9.17) is 5.73 Å². The Kier molecular flexibility index (Phi) is 4.18. The molecular weight excluding hydrogens is 295 g/mol. The first-order valence-electron chi connectivity index (χ1n) is 6.21. The van der Waals surface area contributed by atoms with E-state index in [9.17, 15) is 26.7 Å². The van der Waals surface area contributed by atoms with Gasteiger partial charge in [-0.1, -0.05) is 6.07 Å². The normalized spacial score (nSPS) is 23.5. The Morgan fingerprint density at radius 1 is 1.38 bits per heavy atom. The van der Waals surface area contributed by atoms with Crippen molar-refractivity contribution in [2.24, 2.45) is 5.73 Å². The van der Waals surface area contributed by atoms with Crippen molar-refractivity contribution in [3.05, 3.63) is 35.1 Å². The van der Waals surface area contributed by atoms with Gasteiger partial charge >= 0.3 is 6.18 Å². The Bertz CT molecular complexity index is 546. The number of nitrogens with two attached hydrogens (primary N) is 1. The molecule has 0 saturated carbocycles. The van der Waals surface area contributed by atoms with Crippen molar-refractivity contribution in [3.63, 3.8) is 0 Å². The van der Waals surface area contributed by atoms with Crippen LogP contribution in [0, 0.1) is 5.82 Å². The van der Waals surface area contributed by atoms with Crippen LogP contribution in [0.4, 0.5) is 22.0 Å². The third-order valence-corrected chi connectivity index (χ3v) is 3.40. The third kappa shape index (κ3) is 3.49. The van der Waals surface area contributed by atoms with E-state index >= 15 is 0 Å². The Morgan fingerprint density at radius 3 is 2.62 bits per heavy atom. The molecule has 21 heavy (non-hydrogen) atoms. The lowest BCUT2D eigenvalue weighted by Crippen LogP contribution is -2.39. The summed E-state index contributed by atoms with van der Waals surface area (Å²) >= 11 is 0. The first kappa shape index (κ1) is 15.7. The molecule has 116 valence electrons. The van der Waals surface area contributed by atoms with Crippen LogP contribution in [-0.2, 0) is 17.5 Å². The first-order chi connectivity index (χ1) is 9.68. The van der Waals surface area contributed by atoms with Crippen LogP contribution in [0.2, 0.25) is 0 Å². The van der Waals surface area contributed by atoms with E-state index < -0.39 is 35.7 Å². The molecule has 0 spiro atoms. The lowest BCUT2D eigenvalue weighted by Gasteiger charge is -2.22. The highest BCUT2D eigenvalue weighted by Crippen LogP contribution is 2.32. The van der Waals surface area contributed by atoms with Crippen LogP contribution in [0.3, 0.4) is 0 Å². The molecule has 1 aliphatic heterocycles. The predicted molar refractivity (Wildman–Crippen MR) is 64.3 cm³/mol. The van der Waals surface area contributed by atoms with E-state index in [-0.39, 0.29) is 25.1 Å². The molecule has 3 nitrogen and oxygen atoms in total. The number of carbonyl (C=O) groups excluding carboxylic acids is 1. The van der Waals surface area contributed by atoms with E-state index in [1.54, 1.807) is 0 Å². The summed E-state index contributed by atoms with van der Waals surface area (Å²) in [7, 11) is 0. The van der Waals surface area contributed by atoms with E-state index in [0.717, 1.165) is 0 Å². The second kappa shape index (κ2) is 5.59. The van der Waals surface area contributed by atoms with Crippen molar-refractivity contribution in [2.75, 3.05) is 6.54 Å². The number of primary amides is 1. The SMILES string of the molecule is NC(=O)[C@@H]1C[C@@H](F)CN1Cc1ccc(F)c(C(F)(F)F)c1. The molecule has 0 aliphatic carbocycles. The standard InChI is InChI=1S/C13H13F5N2O/c14-8-4-11(12(19)21)20(6-8)5-7-1-2-10(15)9(3-7)13(16,17)18/h1-3,8,11H,4-6H2,(H2,19,21)/t8-,11+/m1/s1. The van der Waals surface area contributed by atoms with Crippen molar-refractivity contribution in [3.8, 4) is 0 Å². The zero-order chi connectivity index (χ0) is 15.8. The minimum atomic E-state index is -4.81. The Morgan fingerprint density at radius 2 is 2.05 bits per heavy atom. The summed E-state index contributed by atoms with van der Waals surface area (Å²) in [4.78, 5) is 12.6. The molecule has 0 aromatic heterocycles. The molecule has 2 rings (SSSR count). The topological polar surface area (TPSA) is 46.3 Å². The summed E-state index contributed by atoms with van der Waals surface area (Å²) in [6, 6.07) is 1.69. The van der Waals surface area contributed by atoms with Gasteiger partial charge in [0.15, 0.2) is 0 Å². The number of alkyl halides is 4. The Labute approximate surface area is 117 Å². The molecule has 1 fully saturated rings. The minimum absolute atomic E-state index is 0.0807. The molecule has 1 saturated heterocycles. The van der Waals surface area contributed by atoms with Crippen molar-refractivity contribution >= 4 is 5.91 Å². The van der Waals surface area contributed by atoms with Gasteiger partial charge in [-0.25, -0.2) is 8.78 Å². The number of carbonyl (C=O) groups is 1. The fourth-order valence-corrected chi connectivity index (χ4v) is 2.44. The maximum absolute atomic E-state index is 13.3. The van der Waals surface area contributed by atoms with Crippen LogP contribution in [-0.4, -0.2) is 29.6 Å². The molecular formula is C13H13F5N2O. The molecule has 2 N–H and O–H groups in total. The molecule has 1 aromatic rings. The second-order valence-electron chi connectivity index (χ2n) is 4.99. The van der Waals surface area contributed by atoms with Gasteiger partial charge in [-0.3, -0.25) is 9.69 Å². The summed E-state index contributed by atoms with van der Waals surface area (Å²) in [5.41, 5.74) is 3.90. The minimum Gasteiger partial charge on any atom is -0.368 e. The molecule has 0 radical (unpaired) electrons. The maximum atomic E-state index is 13.3. The van der Waals surface area contributed by atoms with E-state index in [1.807, 2.05) is 0 Å². The predicted octanol–water partition coefficient (Wildman–Crippen LogP) is 2.24. The van der Waals surface area contributed by atoms with Crippen molar-refractivity contribution in [1.29, 1.82) is 0 Å². The number of hydrogen-bond acceptors (Lipinski definition) is 2. The molecule has 8 heteroatoms. The number of benzene rings is 1. The van der Waals surface area contributed by atoms with Crippen molar-refractivity contribution < 1.29 is 26.7 Å². The van der Waals surface area contributed by atoms with Gasteiger partial charge in [0.25, 0.3) is 0 Å². The molecule has 0 bridgehead atoms. The quantitative estimate of drug-likeness (QED) is 0.871. The summed E-state index contributed by atoms with van der Waals surface area (Å²) in [5.74, 6) is -2.10. The molecule has 0 unspecified atom stereocenters. The van der Waals surface area contributed by atoms with Gasteiger partial charge in [-0.05, 0) is 17.7 Å². The van der Waals surface area contributed by atoms with Crippen LogP contribution in [0.25, 0.3) is 0 Å². The lowest BCUT2D eigenvalue weighted by atomic mass is 10.1. The van der Waals surface area contributed by atoms with E-state index in [0.29, 0.717) is 12.1 Å². The number of hydrogen-bond donors (Lipinski definition) is 1. The number of likely N-dealkylation sites (tertiary alicyclic amines) is 1. The number of amides is 1. The summed E-state index contributed by atoms with van der Waals surface area (Å²) in [6.45, 7) is -0.191. The third-order valence-electron chi connectivity index (χ3n) is 3.40. The van der Waals surface area contributed by atoms with Crippen LogP contribution < -0.4 is 5.73 Å². The van der Waals surface area contributed by atoms with Crippen LogP contribution >= 0.6 is 0 Å². The zero-order valence-electron chi connectivity index (χ0n) is 10.8. The monoisotopic (exact) mass is 308 g/mol. The lowest BCUT2D eigenvalue weighted by molar-refractivity contribution is -0.140. The summed E-state index contributed by atoms with van der Waals surface area (Å²) in [6.07, 6.45) is -6.15. The molecule has 1 aromatic carbocycles. The van der Waals surface area contributed by atoms with Gasteiger partial charge < -0.3 is 5.73 Å². The molecule has 1 amide bonds. The highest BCUT2D eigenvalue weighted by molar-refractivity contribution is 5.80. The summed E-state index contributed by atoms with van der Waals surface area (Å²) < 4.78 is 64.4. The molecule has 2 atom stereocenters. The Hall–Kier alpha value is -1.70. The van der Waals surface area contributed by atoms with Crippen molar-refractivity contribution in [2.45, 2.75) is 31.4 Å². The highest BCUT2D eigenvalue weighted by Gasteiger charge is 2.37. The second-order valence-corrected chi connectivity index (χ2v) is 4.99. The highest BCUT2D eigenvalue weighted by atomic mass is 19.4. The van der Waals surface area contributed by atoms with Crippen LogP contribution in [0.1, 0.15) is 17.5 Å². The van der Waals surface area contributed by atoms with Gasteiger partial charge in [0.1, 0.15) is 12.0 Å². The fraction of sp³-hybridized carbons (Fsp3) is 0.462. The fourth-order valence-electron chi connectivity index (χ4n) is 2.44. The zero-order valence-corrected chi connectivity index (χ0v) is 10.8. The molecule has 1 aliphatic rings.